The number of nitrogens with one attached hydrogen (secondary N) is 1. The molecule has 1 aliphatic rings. The van der Waals surface area contributed by atoms with Gasteiger partial charge >= 0.3 is 0 Å². The fourth-order valence-electron chi connectivity index (χ4n) is 2.63. The average Bonchev–Trinajstić information content (AvgIpc) is 3.03. The van der Waals surface area contributed by atoms with Crippen LogP contribution in [-0.4, -0.2) is 35.5 Å². The van der Waals surface area contributed by atoms with Crippen LogP contribution in [0.1, 0.15) is 16.9 Å². The Balaban J connectivity index is 1.51. The number of nitrogens with zero attached hydrogens (tertiary/aromatic N) is 3. The van der Waals surface area contributed by atoms with Gasteiger partial charge in [-0.05, 0) is 36.6 Å². The zero-order valence-electron chi connectivity index (χ0n) is 12.1. The number of hydrogen-bond donors (Lipinski definition) is 1. The molecule has 0 unspecified atom stereocenters. The van der Waals surface area contributed by atoms with Gasteiger partial charge in [0.15, 0.2) is 0 Å². The van der Waals surface area contributed by atoms with E-state index < -0.39 is 0 Å². The van der Waals surface area contributed by atoms with Crippen LogP contribution in [0.15, 0.2) is 47.3 Å². The SMILES string of the molecule is O=C(NC[C@@H]1CCN(c2ccc(Br)cc2)C1)c1cnccn1. The molecule has 1 aliphatic heterocycles. The van der Waals surface area contributed by atoms with Gasteiger partial charge in [0.1, 0.15) is 5.69 Å². The van der Waals surface area contributed by atoms with Crippen LogP contribution in [0.2, 0.25) is 0 Å². The van der Waals surface area contributed by atoms with Gasteiger partial charge in [-0.15, -0.1) is 0 Å². The molecule has 1 aromatic heterocycles. The van der Waals surface area contributed by atoms with Gasteiger partial charge in [-0.2, -0.15) is 0 Å². The first-order chi connectivity index (χ1) is 10.7. The molecule has 0 spiro atoms. The molecule has 22 heavy (non-hydrogen) atoms. The van der Waals surface area contributed by atoms with Crippen LogP contribution in [-0.2, 0) is 0 Å². The second-order valence-electron chi connectivity index (χ2n) is 5.38. The molecule has 1 aromatic carbocycles. The Morgan fingerprint density at radius 3 is 2.86 bits per heavy atom. The molecule has 1 amide bonds. The molecule has 114 valence electrons. The lowest BCUT2D eigenvalue weighted by molar-refractivity contribution is 0.0943. The Morgan fingerprint density at radius 2 is 2.14 bits per heavy atom. The number of halogens is 1. The highest BCUT2D eigenvalue weighted by molar-refractivity contribution is 9.10. The van der Waals surface area contributed by atoms with Crippen LogP contribution < -0.4 is 10.2 Å². The predicted molar refractivity (Wildman–Crippen MR) is 88.8 cm³/mol. The number of benzene rings is 1. The van der Waals surface area contributed by atoms with E-state index >= 15 is 0 Å². The Kier molecular flexibility index (Phi) is 4.68. The molecule has 1 atom stereocenters. The zero-order valence-corrected chi connectivity index (χ0v) is 13.7. The van der Waals surface area contributed by atoms with Gasteiger partial charge in [0.05, 0.1) is 6.20 Å². The summed E-state index contributed by atoms with van der Waals surface area (Å²) in [6, 6.07) is 8.34. The molecule has 0 radical (unpaired) electrons. The van der Waals surface area contributed by atoms with E-state index in [0.717, 1.165) is 24.0 Å². The van der Waals surface area contributed by atoms with Crippen LogP contribution in [0.5, 0.6) is 0 Å². The average molecular weight is 361 g/mol. The van der Waals surface area contributed by atoms with Crippen molar-refractivity contribution >= 4 is 27.5 Å². The van der Waals surface area contributed by atoms with Gasteiger partial charge in [-0.3, -0.25) is 9.78 Å². The van der Waals surface area contributed by atoms with E-state index in [1.54, 1.807) is 6.20 Å². The largest absolute Gasteiger partial charge is 0.371 e. The molecule has 1 fully saturated rings. The van der Waals surface area contributed by atoms with Crippen LogP contribution in [0.3, 0.4) is 0 Å². The van der Waals surface area contributed by atoms with Gasteiger partial charge < -0.3 is 10.2 Å². The Hall–Kier alpha value is -1.95. The van der Waals surface area contributed by atoms with Crippen molar-refractivity contribution in [3.8, 4) is 0 Å². The normalized spacial score (nSPS) is 17.5. The first kappa shape index (κ1) is 15.0. The van der Waals surface area contributed by atoms with Crippen molar-refractivity contribution in [2.45, 2.75) is 6.42 Å². The lowest BCUT2D eigenvalue weighted by Crippen LogP contribution is -2.31. The molecule has 0 aliphatic carbocycles. The van der Waals surface area contributed by atoms with Crippen LogP contribution >= 0.6 is 15.9 Å². The minimum atomic E-state index is -0.157. The Morgan fingerprint density at radius 1 is 1.32 bits per heavy atom. The van der Waals surface area contributed by atoms with E-state index in [-0.39, 0.29) is 5.91 Å². The van der Waals surface area contributed by atoms with Crippen molar-refractivity contribution in [2.24, 2.45) is 5.92 Å². The summed E-state index contributed by atoms with van der Waals surface area (Å²) in [7, 11) is 0. The minimum absolute atomic E-state index is 0.157. The molecule has 0 saturated carbocycles. The number of anilines is 1. The third kappa shape index (κ3) is 3.62. The minimum Gasteiger partial charge on any atom is -0.371 e. The zero-order chi connectivity index (χ0) is 15.4. The lowest BCUT2D eigenvalue weighted by atomic mass is 10.1. The van der Waals surface area contributed by atoms with E-state index in [0.29, 0.717) is 18.2 Å². The van der Waals surface area contributed by atoms with E-state index in [1.807, 2.05) is 0 Å². The monoisotopic (exact) mass is 360 g/mol. The number of rotatable bonds is 4. The standard InChI is InChI=1S/C16H17BrN4O/c17-13-1-3-14(4-2-13)21-8-5-12(11-21)9-20-16(22)15-10-18-6-7-19-15/h1-4,6-7,10,12H,5,8-9,11H2,(H,20,22)/t12-/m0/s1. The van der Waals surface area contributed by atoms with Crippen LogP contribution in [0.25, 0.3) is 0 Å². The summed E-state index contributed by atoms with van der Waals surface area (Å²) >= 11 is 3.45. The molecular weight excluding hydrogens is 344 g/mol. The van der Waals surface area contributed by atoms with Gasteiger partial charge in [0.25, 0.3) is 5.91 Å². The third-order valence-electron chi connectivity index (χ3n) is 3.82. The maximum atomic E-state index is 12.0. The van der Waals surface area contributed by atoms with Crippen molar-refractivity contribution in [1.29, 1.82) is 0 Å². The molecule has 2 aromatic rings. The molecule has 1 N–H and O–H groups in total. The van der Waals surface area contributed by atoms with E-state index in [4.69, 9.17) is 0 Å². The van der Waals surface area contributed by atoms with Crippen molar-refractivity contribution in [1.82, 2.24) is 15.3 Å². The summed E-state index contributed by atoms with van der Waals surface area (Å²) in [5.74, 6) is 0.305. The topological polar surface area (TPSA) is 58.1 Å². The van der Waals surface area contributed by atoms with Crippen LogP contribution in [0.4, 0.5) is 5.69 Å². The Labute approximate surface area is 137 Å². The number of carbonyl (C=O) groups is 1. The molecule has 3 rings (SSSR count). The van der Waals surface area contributed by atoms with Gasteiger partial charge in [0, 0.05) is 42.2 Å². The van der Waals surface area contributed by atoms with Gasteiger partial charge in [-0.25, -0.2) is 4.98 Å². The summed E-state index contributed by atoms with van der Waals surface area (Å²) < 4.78 is 1.09. The molecular formula is C16H17BrN4O. The van der Waals surface area contributed by atoms with Crippen molar-refractivity contribution < 1.29 is 4.79 Å². The lowest BCUT2D eigenvalue weighted by Gasteiger charge is -2.19. The highest BCUT2D eigenvalue weighted by Gasteiger charge is 2.23. The van der Waals surface area contributed by atoms with Gasteiger partial charge in [-0.1, -0.05) is 15.9 Å². The molecule has 1 saturated heterocycles. The number of carbonyl (C=O) groups excluding carboxylic acids is 1. The summed E-state index contributed by atoms with van der Waals surface area (Å²) in [4.78, 5) is 22.2. The van der Waals surface area contributed by atoms with Crippen molar-refractivity contribution in [3.63, 3.8) is 0 Å². The molecule has 2 heterocycles. The maximum Gasteiger partial charge on any atom is 0.271 e. The third-order valence-corrected chi connectivity index (χ3v) is 4.35. The van der Waals surface area contributed by atoms with Crippen molar-refractivity contribution in [3.05, 3.63) is 53.0 Å². The fraction of sp³-hybridized carbons (Fsp3) is 0.312. The summed E-state index contributed by atoms with van der Waals surface area (Å²) in [5.41, 5.74) is 1.59. The Bertz CT molecular complexity index is 632. The smallest absolute Gasteiger partial charge is 0.271 e. The highest BCUT2D eigenvalue weighted by Crippen LogP contribution is 2.24. The fourth-order valence-corrected chi connectivity index (χ4v) is 2.89. The number of aromatic nitrogens is 2. The summed E-state index contributed by atoms with van der Waals surface area (Å²) in [6.45, 7) is 2.65. The first-order valence-electron chi connectivity index (χ1n) is 7.27. The van der Waals surface area contributed by atoms with Crippen LogP contribution in [0, 0.1) is 5.92 Å². The highest BCUT2D eigenvalue weighted by atomic mass is 79.9. The van der Waals surface area contributed by atoms with Gasteiger partial charge in [0.2, 0.25) is 0 Å². The van der Waals surface area contributed by atoms with Crippen molar-refractivity contribution in [2.75, 3.05) is 24.5 Å². The maximum absolute atomic E-state index is 12.0. The predicted octanol–water partition coefficient (Wildman–Crippen LogP) is 2.50. The molecule has 6 heteroatoms. The summed E-state index contributed by atoms with van der Waals surface area (Å²) in [6.07, 6.45) is 5.65. The second-order valence-corrected chi connectivity index (χ2v) is 6.29. The number of amides is 1. The molecule has 0 bridgehead atoms. The van der Waals surface area contributed by atoms with E-state index in [2.05, 4.69) is 60.4 Å². The molecule has 5 nitrogen and oxygen atoms in total. The van der Waals surface area contributed by atoms with E-state index in [1.165, 1.54) is 18.1 Å². The summed E-state index contributed by atoms with van der Waals surface area (Å²) in [5, 5.41) is 2.95. The number of hydrogen-bond acceptors (Lipinski definition) is 4. The second kappa shape index (κ2) is 6.87. The quantitative estimate of drug-likeness (QED) is 0.909. The van der Waals surface area contributed by atoms with E-state index in [9.17, 15) is 4.79 Å². The first-order valence-corrected chi connectivity index (χ1v) is 8.06.